The molecule has 4 amide bonds. The second-order valence-corrected chi connectivity index (χ2v) is 10.4. The molecule has 0 aromatic heterocycles. The molecular formula is C29H38FN5O4. The van der Waals surface area contributed by atoms with Crippen LogP contribution in [0.5, 0.6) is 0 Å². The fourth-order valence-electron chi connectivity index (χ4n) is 5.14. The van der Waals surface area contributed by atoms with Crippen molar-refractivity contribution < 1.29 is 23.5 Å². The predicted octanol–water partition coefficient (Wildman–Crippen LogP) is 3.22. The first-order valence-electron chi connectivity index (χ1n) is 13.6. The molecule has 2 aliphatic heterocycles. The fourth-order valence-corrected chi connectivity index (χ4v) is 5.14. The summed E-state index contributed by atoms with van der Waals surface area (Å²) in [6, 6.07) is 14.8. The summed E-state index contributed by atoms with van der Waals surface area (Å²) in [6.45, 7) is 7.87. The van der Waals surface area contributed by atoms with Crippen LogP contribution >= 0.6 is 0 Å². The molecule has 0 spiro atoms. The molecule has 2 heterocycles. The van der Waals surface area contributed by atoms with E-state index in [2.05, 4.69) is 5.32 Å². The van der Waals surface area contributed by atoms with Gasteiger partial charge in [0.05, 0.1) is 26.3 Å². The number of carbonyl (C=O) groups excluding carboxylic acids is 3. The molecule has 9 nitrogen and oxygen atoms in total. The number of nitrogens with zero attached hydrogens (tertiary/aromatic N) is 4. The van der Waals surface area contributed by atoms with E-state index in [-0.39, 0.29) is 49.3 Å². The highest BCUT2D eigenvalue weighted by Crippen LogP contribution is 2.29. The number of likely N-dealkylation sites (N-methyl/N-ethyl adjacent to an activating group) is 1. The van der Waals surface area contributed by atoms with E-state index in [1.54, 1.807) is 32.0 Å². The minimum Gasteiger partial charge on any atom is -0.375 e. The van der Waals surface area contributed by atoms with Gasteiger partial charge in [0, 0.05) is 19.6 Å². The molecule has 0 bridgehead atoms. The number of carbonyl (C=O) groups is 3. The van der Waals surface area contributed by atoms with Gasteiger partial charge < -0.3 is 19.9 Å². The van der Waals surface area contributed by atoms with Gasteiger partial charge in [0.15, 0.2) is 0 Å². The Morgan fingerprint density at radius 2 is 1.79 bits per heavy atom. The molecule has 0 aliphatic carbocycles. The normalized spacial score (nSPS) is 20.0. The molecule has 39 heavy (non-hydrogen) atoms. The lowest BCUT2D eigenvalue weighted by atomic mass is 9.97. The van der Waals surface area contributed by atoms with Gasteiger partial charge in [-0.05, 0) is 35.6 Å². The SMILES string of the molecule is CCN1CC(=O)N2[C@@H](CC(C)C)C(=O)N(CCOCc3ccc(F)cc3)C[C@@H]2N1C(=O)NCc1ccccc1. The molecule has 0 unspecified atom stereocenters. The van der Waals surface area contributed by atoms with E-state index in [1.807, 2.05) is 51.1 Å². The van der Waals surface area contributed by atoms with Crippen molar-refractivity contribution in [3.63, 3.8) is 0 Å². The predicted molar refractivity (Wildman–Crippen MR) is 144 cm³/mol. The first-order chi connectivity index (χ1) is 18.8. The van der Waals surface area contributed by atoms with Gasteiger partial charge in [-0.15, -0.1) is 0 Å². The smallest absolute Gasteiger partial charge is 0.334 e. The van der Waals surface area contributed by atoms with E-state index in [4.69, 9.17) is 4.74 Å². The molecular weight excluding hydrogens is 501 g/mol. The molecule has 2 saturated heterocycles. The van der Waals surface area contributed by atoms with Gasteiger partial charge in [-0.3, -0.25) is 9.59 Å². The summed E-state index contributed by atoms with van der Waals surface area (Å²) in [7, 11) is 0. The van der Waals surface area contributed by atoms with Crippen LogP contribution in [0.15, 0.2) is 54.6 Å². The van der Waals surface area contributed by atoms with E-state index in [9.17, 15) is 18.8 Å². The van der Waals surface area contributed by atoms with Gasteiger partial charge in [0.25, 0.3) is 0 Å². The summed E-state index contributed by atoms with van der Waals surface area (Å²) in [6.07, 6.45) is -0.125. The average Bonchev–Trinajstić information content (AvgIpc) is 2.92. The van der Waals surface area contributed by atoms with Crippen molar-refractivity contribution in [2.45, 2.75) is 52.6 Å². The zero-order valence-electron chi connectivity index (χ0n) is 22.9. The number of benzene rings is 2. The Kier molecular flexibility index (Phi) is 9.53. The summed E-state index contributed by atoms with van der Waals surface area (Å²) in [4.78, 5) is 43.8. The van der Waals surface area contributed by atoms with Crippen molar-refractivity contribution in [3.05, 3.63) is 71.5 Å². The lowest BCUT2D eigenvalue weighted by molar-refractivity contribution is -0.191. The minimum absolute atomic E-state index is 0.0361. The summed E-state index contributed by atoms with van der Waals surface area (Å²) in [5, 5.41) is 6.34. The Labute approximate surface area is 229 Å². The van der Waals surface area contributed by atoms with Crippen molar-refractivity contribution in [2.24, 2.45) is 5.92 Å². The number of urea groups is 1. The largest absolute Gasteiger partial charge is 0.375 e. The van der Waals surface area contributed by atoms with Crippen LogP contribution in [0.4, 0.5) is 9.18 Å². The number of ether oxygens (including phenoxy) is 1. The second-order valence-electron chi connectivity index (χ2n) is 10.4. The first kappa shape index (κ1) is 28.5. The average molecular weight is 540 g/mol. The Balaban J connectivity index is 1.50. The van der Waals surface area contributed by atoms with Crippen molar-refractivity contribution >= 4 is 17.8 Å². The maximum Gasteiger partial charge on any atom is 0.334 e. The standard InChI is InChI=1S/C29H38FN5O4/c1-4-33-19-27(36)34-25(16-21(2)3)28(37)32(14-15-39-20-23-10-12-24(30)13-11-23)18-26(34)35(33)29(38)31-17-22-8-6-5-7-9-22/h5-13,21,25-26H,4,14-20H2,1-3H3,(H,31,38)/t25-,26-/m0/s1. The fraction of sp³-hybridized carbons (Fsp3) is 0.483. The van der Waals surface area contributed by atoms with E-state index < -0.39 is 12.2 Å². The van der Waals surface area contributed by atoms with E-state index >= 15 is 0 Å². The van der Waals surface area contributed by atoms with Crippen LogP contribution in [-0.4, -0.2) is 82.7 Å². The number of hydrogen-bond donors (Lipinski definition) is 1. The number of fused-ring (bicyclic) bond motifs is 1. The second kappa shape index (κ2) is 13.0. The third-order valence-electron chi connectivity index (χ3n) is 7.07. The maximum absolute atomic E-state index is 13.6. The zero-order valence-corrected chi connectivity index (χ0v) is 22.9. The topological polar surface area (TPSA) is 85.4 Å². The lowest BCUT2D eigenvalue weighted by Gasteiger charge is -2.55. The summed E-state index contributed by atoms with van der Waals surface area (Å²) in [5.41, 5.74) is 1.80. The van der Waals surface area contributed by atoms with Gasteiger partial charge >= 0.3 is 6.03 Å². The zero-order chi connectivity index (χ0) is 27.9. The third kappa shape index (κ3) is 6.93. The molecule has 0 saturated carbocycles. The molecule has 210 valence electrons. The van der Waals surface area contributed by atoms with Crippen LogP contribution < -0.4 is 5.32 Å². The van der Waals surface area contributed by atoms with Crippen LogP contribution in [0.2, 0.25) is 0 Å². The van der Waals surface area contributed by atoms with Crippen molar-refractivity contribution in [2.75, 3.05) is 32.8 Å². The van der Waals surface area contributed by atoms with E-state index in [1.165, 1.54) is 12.1 Å². The van der Waals surface area contributed by atoms with Gasteiger partial charge in [-0.2, -0.15) is 0 Å². The van der Waals surface area contributed by atoms with Crippen LogP contribution in [0.25, 0.3) is 0 Å². The molecule has 2 aliphatic rings. The van der Waals surface area contributed by atoms with Gasteiger partial charge in [-0.25, -0.2) is 19.2 Å². The Morgan fingerprint density at radius 3 is 2.46 bits per heavy atom. The first-order valence-corrected chi connectivity index (χ1v) is 13.6. The third-order valence-corrected chi connectivity index (χ3v) is 7.07. The number of amides is 4. The highest BCUT2D eigenvalue weighted by molar-refractivity contribution is 5.91. The Hall–Kier alpha value is -3.50. The monoisotopic (exact) mass is 539 g/mol. The molecule has 1 N–H and O–H groups in total. The number of hydrogen-bond acceptors (Lipinski definition) is 5. The van der Waals surface area contributed by atoms with Crippen LogP contribution in [0.1, 0.15) is 38.3 Å². The van der Waals surface area contributed by atoms with Crippen molar-refractivity contribution in [1.29, 1.82) is 0 Å². The van der Waals surface area contributed by atoms with Crippen LogP contribution in [-0.2, 0) is 27.5 Å². The minimum atomic E-state index is -0.656. The number of nitrogens with one attached hydrogen (secondary N) is 1. The highest BCUT2D eigenvalue weighted by Gasteiger charge is 2.51. The van der Waals surface area contributed by atoms with Crippen molar-refractivity contribution in [3.8, 4) is 0 Å². The number of rotatable bonds is 10. The molecule has 2 atom stereocenters. The van der Waals surface area contributed by atoms with Crippen LogP contribution in [0.3, 0.4) is 0 Å². The molecule has 10 heteroatoms. The molecule has 4 rings (SSSR count). The highest BCUT2D eigenvalue weighted by atomic mass is 19.1. The molecule has 0 radical (unpaired) electrons. The number of hydrazine groups is 1. The van der Waals surface area contributed by atoms with Gasteiger partial charge in [0.1, 0.15) is 18.0 Å². The Bertz CT molecular complexity index is 1130. The lowest BCUT2D eigenvalue weighted by Crippen LogP contribution is -2.76. The van der Waals surface area contributed by atoms with Crippen molar-refractivity contribution in [1.82, 2.24) is 25.1 Å². The Morgan fingerprint density at radius 1 is 1.08 bits per heavy atom. The maximum atomic E-state index is 13.6. The number of halogens is 1. The van der Waals surface area contributed by atoms with Gasteiger partial charge in [0.2, 0.25) is 11.8 Å². The van der Waals surface area contributed by atoms with E-state index in [0.717, 1.165) is 11.1 Å². The molecule has 2 aromatic rings. The molecule has 2 aromatic carbocycles. The quantitative estimate of drug-likeness (QED) is 0.469. The number of piperazine rings is 1. The molecule has 2 fully saturated rings. The summed E-state index contributed by atoms with van der Waals surface area (Å²) in [5.74, 6) is -0.418. The summed E-state index contributed by atoms with van der Waals surface area (Å²) >= 11 is 0. The van der Waals surface area contributed by atoms with Crippen LogP contribution in [0, 0.1) is 11.7 Å². The van der Waals surface area contributed by atoms with Gasteiger partial charge in [-0.1, -0.05) is 63.2 Å². The summed E-state index contributed by atoms with van der Waals surface area (Å²) < 4.78 is 19.0. The van der Waals surface area contributed by atoms with E-state index in [0.29, 0.717) is 32.7 Å².